The molecule has 2 atom stereocenters. The van der Waals surface area contributed by atoms with Crippen LogP contribution >= 0.6 is 15.9 Å². The normalized spacial score (nSPS) is 28.1. The van der Waals surface area contributed by atoms with Gasteiger partial charge in [0.15, 0.2) is 0 Å². The first-order valence-electron chi connectivity index (χ1n) is 6.82. The molecule has 2 nitrogen and oxygen atoms in total. The average molecular weight is 312 g/mol. The third-order valence-electron chi connectivity index (χ3n) is 4.06. The molecule has 2 rings (SSSR count). The number of rotatable bonds is 4. The molecule has 0 heterocycles. The third-order valence-corrected chi connectivity index (χ3v) is 4.55. The van der Waals surface area contributed by atoms with Crippen molar-refractivity contribution in [1.29, 1.82) is 0 Å². The lowest BCUT2D eigenvalue weighted by atomic mass is 9.75. The predicted octanol–water partition coefficient (Wildman–Crippen LogP) is 4.19. The lowest BCUT2D eigenvalue weighted by Crippen LogP contribution is -2.46. The number of halogens is 1. The van der Waals surface area contributed by atoms with Gasteiger partial charge in [0, 0.05) is 10.2 Å². The Balaban J connectivity index is 2.12. The van der Waals surface area contributed by atoms with Crippen LogP contribution in [0, 0.1) is 5.92 Å². The van der Waals surface area contributed by atoms with E-state index in [0.29, 0.717) is 0 Å². The highest BCUT2D eigenvalue weighted by atomic mass is 79.9. The van der Waals surface area contributed by atoms with Crippen molar-refractivity contribution in [2.24, 2.45) is 5.92 Å². The first-order valence-corrected chi connectivity index (χ1v) is 7.61. The SMILES string of the molecule is CCC1CCCC(CO)(Nc2cccc(Br)c2)C1. The number of hydrogen-bond donors (Lipinski definition) is 2. The molecule has 1 fully saturated rings. The molecule has 0 bridgehead atoms. The Labute approximate surface area is 118 Å². The first-order chi connectivity index (χ1) is 8.67. The molecule has 1 aromatic rings. The summed E-state index contributed by atoms with van der Waals surface area (Å²) in [6.07, 6.45) is 5.86. The highest BCUT2D eigenvalue weighted by Crippen LogP contribution is 2.36. The monoisotopic (exact) mass is 311 g/mol. The fourth-order valence-corrected chi connectivity index (χ4v) is 3.40. The van der Waals surface area contributed by atoms with Crippen LogP contribution in [-0.4, -0.2) is 17.3 Å². The minimum Gasteiger partial charge on any atom is -0.394 e. The molecule has 18 heavy (non-hydrogen) atoms. The van der Waals surface area contributed by atoms with Crippen molar-refractivity contribution in [2.75, 3.05) is 11.9 Å². The van der Waals surface area contributed by atoms with Gasteiger partial charge in [-0.2, -0.15) is 0 Å². The molecule has 0 aliphatic heterocycles. The molecule has 0 saturated heterocycles. The van der Waals surface area contributed by atoms with E-state index in [4.69, 9.17) is 0 Å². The summed E-state index contributed by atoms with van der Waals surface area (Å²) in [5.41, 5.74) is 0.967. The van der Waals surface area contributed by atoms with Gasteiger partial charge in [0.05, 0.1) is 12.1 Å². The Morgan fingerprint density at radius 2 is 2.33 bits per heavy atom. The molecule has 100 valence electrons. The van der Waals surface area contributed by atoms with E-state index in [0.717, 1.165) is 28.9 Å². The Bertz CT molecular complexity index is 396. The van der Waals surface area contributed by atoms with E-state index in [9.17, 15) is 5.11 Å². The van der Waals surface area contributed by atoms with Crippen LogP contribution < -0.4 is 5.32 Å². The fraction of sp³-hybridized carbons (Fsp3) is 0.600. The number of hydrogen-bond acceptors (Lipinski definition) is 2. The zero-order chi connectivity index (χ0) is 13.0. The van der Waals surface area contributed by atoms with E-state index in [1.54, 1.807) is 0 Å². The molecule has 0 spiro atoms. The van der Waals surface area contributed by atoms with Gasteiger partial charge in [-0.25, -0.2) is 0 Å². The summed E-state index contributed by atoms with van der Waals surface area (Å²) in [5, 5.41) is 13.4. The fourth-order valence-electron chi connectivity index (χ4n) is 3.00. The topological polar surface area (TPSA) is 32.3 Å². The molecule has 1 aliphatic carbocycles. The molecule has 3 heteroatoms. The van der Waals surface area contributed by atoms with Crippen molar-refractivity contribution < 1.29 is 5.11 Å². The summed E-state index contributed by atoms with van der Waals surface area (Å²) < 4.78 is 1.07. The lowest BCUT2D eigenvalue weighted by Gasteiger charge is -2.41. The predicted molar refractivity (Wildman–Crippen MR) is 79.8 cm³/mol. The van der Waals surface area contributed by atoms with Crippen molar-refractivity contribution in [3.63, 3.8) is 0 Å². The van der Waals surface area contributed by atoms with E-state index in [1.807, 2.05) is 12.1 Å². The molecule has 1 aliphatic rings. The van der Waals surface area contributed by atoms with Crippen LogP contribution in [0.2, 0.25) is 0 Å². The summed E-state index contributed by atoms with van der Waals surface area (Å²) in [6, 6.07) is 8.19. The Kier molecular flexibility index (Phi) is 4.68. The summed E-state index contributed by atoms with van der Waals surface area (Å²) in [6.45, 7) is 2.47. The Morgan fingerprint density at radius 3 is 3.00 bits per heavy atom. The average Bonchev–Trinajstić information content (AvgIpc) is 2.39. The smallest absolute Gasteiger partial charge is 0.0661 e. The third kappa shape index (κ3) is 3.27. The van der Waals surface area contributed by atoms with E-state index in [-0.39, 0.29) is 12.1 Å². The molecule has 2 unspecified atom stereocenters. The highest BCUT2D eigenvalue weighted by molar-refractivity contribution is 9.10. The van der Waals surface area contributed by atoms with Crippen LogP contribution in [0.3, 0.4) is 0 Å². The van der Waals surface area contributed by atoms with Crippen molar-refractivity contribution in [3.05, 3.63) is 28.7 Å². The molecule has 2 N–H and O–H groups in total. The van der Waals surface area contributed by atoms with Gasteiger partial charge in [0.2, 0.25) is 0 Å². The molecule has 1 saturated carbocycles. The standard InChI is InChI=1S/C15H22BrNO/c1-2-12-5-4-8-15(10-12,11-18)17-14-7-3-6-13(16)9-14/h3,6-7,9,12,17-18H,2,4-5,8,10-11H2,1H3. The van der Waals surface area contributed by atoms with Crippen molar-refractivity contribution in [2.45, 2.75) is 44.6 Å². The molecular weight excluding hydrogens is 290 g/mol. The number of benzene rings is 1. The van der Waals surface area contributed by atoms with Crippen molar-refractivity contribution in [1.82, 2.24) is 0 Å². The second-order valence-electron chi connectivity index (χ2n) is 5.44. The van der Waals surface area contributed by atoms with Crippen LogP contribution in [0.5, 0.6) is 0 Å². The molecular formula is C15H22BrNO. The zero-order valence-electron chi connectivity index (χ0n) is 11.0. The Morgan fingerprint density at radius 1 is 1.50 bits per heavy atom. The van der Waals surface area contributed by atoms with E-state index >= 15 is 0 Å². The summed E-state index contributed by atoms with van der Waals surface area (Å²) >= 11 is 3.49. The van der Waals surface area contributed by atoms with Gasteiger partial charge in [-0.05, 0) is 37.0 Å². The van der Waals surface area contributed by atoms with E-state index in [2.05, 4.69) is 40.3 Å². The summed E-state index contributed by atoms with van der Waals surface area (Å²) in [7, 11) is 0. The quantitative estimate of drug-likeness (QED) is 0.873. The van der Waals surface area contributed by atoms with E-state index in [1.165, 1.54) is 19.3 Å². The van der Waals surface area contributed by atoms with Gasteiger partial charge in [0.25, 0.3) is 0 Å². The number of aliphatic hydroxyl groups is 1. The molecule has 0 radical (unpaired) electrons. The van der Waals surface area contributed by atoms with Crippen LogP contribution in [0.25, 0.3) is 0 Å². The zero-order valence-corrected chi connectivity index (χ0v) is 12.5. The summed E-state index contributed by atoms with van der Waals surface area (Å²) in [4.78, 5) is 0. The van der Waals surface area contributed by atoms with Gasteiger partial charge in [-0.1, -0.05) is 48.2 Å². The second kappa shape index (κ2) is 6.07. The molecule has 0 amide bonds. The Hall–Kier alpha value is -0.540. The lowest BCUT2D eigenvalue weighted by molar-refractivity contribution is 0.142. The summed E-state index contributed by atoms with van der Waals surface area (Å²) in [5.74, 6) is 0.741. The van der Waals surface area contributed by atoms with Gasteiger partial charge in [0.1, 0.15) is 0 Å². The number of anilines is 1. The number of nitrogens with one attached hydrogen (secondary N) is 1. The molecule has 1 aromatic carbocycles. The maximum Gasteiger partial charge on any atom is 0.0661 e. The van der Waals surface area contributed by atoms with Crippen molar-refractivity contribution in [3.8, 4) is 0 Å². The minimum atomic E-state index is -0.125. The van der Waals surface area contributed by atoms with Crippen LogP contribution in [0.4, 0.5) is 5.69 Å². The largest absolute Gasteiger partial charge is 0.394 e. The maximum atomic E-state index is 9.81. The van der Waals surface area contributed by atoms with Crippen molar-refractivity contribution >= 4 is 21.6 Å². The van der Waals surface area contributed by atoms with Gasteiger partial charge < -0.3 is 10.4 Å². The highest BCUT2D eigenvalue weighted by Gasteiger charge is 2.35. The van der Waals surface area contributed by atoms with Gasteiger partial charge in [-0.15, -0.1) is 0 Å². The van der Waals surface area contributed by atoms with Crippen LogP contribution in [0.15, 0.2) is 28.7 Å². The first kappa shape index (κ1) is 13.9. The molecule has 0 aromatic heterocycles. The van der Waals surface area contributed by atoms with Gasteiger partial charge in [-0.3, -0.25) is 0 Å². The van der Waals surface area contributed by atoms with Crippen LogP contribution in [0.1, 0.15) is 39.0 Å². The number of aliphatic hydroxyl groups excluding tert-OH is 1. The van der Waals surface area contributed by atoms with Crippen LogP contribution in [-0.2, 0) is 0 Å². The minimum absolute atomic E-state index is 0.125. The maximum absolute atomic E-state index is 9.81. The van der Waals surface area contributed by atoms with E-state index < -0.39 is 0 Å². The second-order valence-corrected chi connectivity index (χ2v) is 6.36. The van der Waals surface area contributed by atoms with Gasteiger partial charge >= 0.3 is 0 Å².